The fourth-order valence-electron chi connectivity index (χ4n) is 2.16. The Hall–Kier alpha value is -2.29. The van der Waals surface area contributed by atoms with Crippen LogP contribution in [0.5, 0.6) is 11.5 Å². The molecule has 0 bridgehead atoms. The molecule has 0 spiro atoms. The Balaban J connectivity index is 1.92. The molecule has 0 aliphatic rings. The summed E-state index contributed by atoms with van der Waals surface area (Å²) in [6.07, 6.45) is 0. The van der Waals surface area contributed by atoms with Crippen LogP contribution >= 0.6 is 0 Å². The maximum atomic E-state index is 11.5. The van der Waals surface area contributed by atoms with Crippen molar-refractivity contribution >= 4 is 5.78 Å². The molecule has 2 aromatic carbocycles. The van der Waals surface area contributed by atoms with Crippen molar-refractivity contribution in [2.75, 3.05) is 13.2 Å². The minimum absolute atomic E-state index is 0.0783. The van der Waals surface area contributed by atoms with Gasteiger partial charge in [-0.3, -0.25) is 4.79 Å². The number of rotatable bonds is 6. The number of hydrogen-bond acceptors (Lipinski definition) is 3. The van der Waals surface area contributed by atoms with Gasteiger partial charge in [-0.25, -0.2) is 0 Å². The Kier molecular flexibility index (Phi) is 4.99. The molecular weight excluding hydrogens is 264 g/mol. The predicted molar refractivity (Wildman–Crippen MR) is 83.4 cm³/mol. The molecule has 0 aliphatic carbocycles. The number of benzene rings is 2. The van der Waals surface area contributed by atoms with E-state index in [1.54, 1.807) is 6.92 Å². The van der Waals surface area contributed by atoms with Crippen LogP contribution in [0.1, 0.15) is 28.4 Å². The molecule has 0 atom stereocenters. The highest BCUT2D eigenvalue weighted by atomic mass is 16.5. The second-order valence-electron chi connectivity index (χ2n) is 4.93. The Labute approximate surface area is 125 Å². The van der Waals surface area contributed by atoms with E-state index >= 15 is 0 Å². The van der Waals surface area contributed by atoms with Crippen LogP contribution in [-0.4, -0.2) is 19.0 Å². The number of carbonyl (C=O) groups excluding carboxylic acids is 1. The average Bonchev–Trinajstić information content (AvgIpc) is 2.48. The summed E-state index contributed by atoms with van der Waals surface area (Å²) in [4.78, 5) is 11.5. The zero-order chi connectivity index (χ0) is 15.2. The monoisotopic (exact) mass is 284 g/mol. The highest BCUT2D eigenvalue weighted by Gasteiger charge is 2.10. The Bertz CT molecular complexity index is 618. The standard InChI is InChI=1S/C18H20O3/c1-13-14(2)18(10-9-17(13)15(3)19)21-12-11-20-16-7-5-4-6-8-16/h4-10H,11-12H2,1-3H3. The second-order valence-corrected chi connectivity index (χ2v) is 4.93. The van der Waals surface area contributed by atoms with Crippen LogP contribution in [0.4, 0.5) is 0 Å². The maximum absolute atomic E-state index is 11.5. The van der Waals surface area contributed by atoms with Crippen LogP contribution in [0.3, 0.4) is 0 Å². The summed E-state index contributed by atoms with van der Waals surface area (Å²) in [5, 5.41) is 0. The highest BCUT2D eigenvalue weighted by Crippen LogP contribution is 2.24. The van der Waals surface area contributed by atoms with E-state index in [0.717, 1.165) is 28.2 Å². The van der Waals surface area contributed by atoms with Crippen molar-refractivity contribution in [2.24, 2.45) is 0 Å². The van der Waals surface area contributed by atoms with Crippen LogP contribution in [0, 0.1) is 13.8 Å². The Morgan fingerprint density at radius 3 is 2.24 bits per heavy atom. The number of para-hydroxylation sites is 1. The number of Topliss-reactive ketones (excluding diaryl/α,β-unsaturated/α-hetero) is 1. The Morgan fingerprint density at radius 2 is 1.57 bits per heavy atom. The molecule has 0 aliphatic heterocycles. The first kappa shape index (κ1) is 15.1. The van der Waals surface area contributed by atoms with Crippen molar-refractivity contribution in [3.05, 3.63) is 59.2 Å². The van der Waals surface area contributed by atoms with Crippen molar-refractivity contribution in [3.63, 3.8) is 0 Å². The van der Waals surface area contributed by atoms with Gasteiger partial charge in [0.25, 0.3) is 0 Å². The molecule has 21 heavy (non-hydrogen) atoms. The number of ketones is 1. The molecule has 0 amide bonds. The second kappa shape index (κ2) is 6.93. The van der Waals surface area contributed by atoms with Gasteiger partial charge in [0, 0.05) is 5.56 Å². The lowest BCUT2D eigenvalue weighted by Crippen LogP contribution is -2.10. The van der Waals surface area contributed by atoms with Crippen LogP contribution in [0.25, 0.3) is 0 Å². The first-order chi connectivity index (χ1) is 10.1. The fourth-order valence-corrected chi connectivity index (χ4v) is 2.16. The zero-order valence-electron chi connectivity index (χ0n) is 12.7. The van der Waals surface area contributed by atoms with Crippen molar-refractivity contribution in [3.8, 4) is 11.5 Å². The average molecular weight is 284 g/mol. The lowest BCUT2D eigenvalue weighted by Gasteiger charge is -2.13. The van der Waals surface area contributed by atoms with E-state index in [1.165, 1.54) is 0 Å². The lowest BCUT2D eigenvalue weighted by molar-refractivity contribution is 0.101. The van der Waals surface area contributed by atoms with Gasteiger partial charge in [0.1, 0.15) is 24.7 Å². The molecule has 2 aromatic rings. The van der Waals surface area contributed by atoms with Gasteiger partial charge < -0.3 is 9.47 Å². The van der Waals surface area contributed by atoms with Gasteiger partial charge >= 0.3 is 0 Å². The van der Waals surface area contributed by atoms with E-state index < -0.39 is 0 Å². The third kappa shape index (κ3) is 3.85. The predicted octanol–water partition coefficient (Wildman–Crippen LogP) is 3.96. The van der Waals surface area contributed by atoms with Gasteiger partial charge in [-0.1, -0.05) is 18.2 Å². The first-order valence-corrected chi connectivity index (χ1v) is 7.01. The summed E-state index contributed by atoms with van der Waals surface area (Å²) in [5.41, 5.74) is 2.73. The molecule has 0 fully saturated rings. The van der Waals surface area contributed by atoms with E-state index in [2.05, 4.69) is 0 Å². The van der Waals surface area contributed by atoms with Crippen molar-refractivity contribution in [1.29, 1.82) is 0 Å². The van der Waals surface area contributed by atoms with E-state index in [-0.39, 0.29) is 5.78 Å². The van der Waals surface area contributed by atoms with Crippen molar-refractivity contribution < 1.29 is 14.3 Å². The minimum Gasteiger partial charge on any atom is -0.490 e. The van der Waals surface area contributed by atoms with Gasteiger partial charge in [0.2, 0.25) is 0 Å². The molecule has 0 unspecified atom stereocenters. The minimum atomic E-state index is 0.0783. The highest BCUT2D eigenvalue weighted by molar-refractivity contribution is 5.96. The molecule has 110 valence electrons. The molecule has 0 saturated carbocycles. The summed E-state index contributed by atoms with van der Waals surface area (Å²) in [6, 6.07) is 13.3. The molecule has 0 saturated heterocycles. The fraction of sp³-hybridized carbons (Fsp3) is 0.278. The summed E-state index contributed by atoms with van der Waals surface area (Å²) >= 11 is 0. The molecule has 0 aromatic heterocycles. The quantitative estimate of drug-likeness (QED) is 0.595. The molecule has 0 heterocycles. The number of ether oxygens (including phenoxy) is 2. The van der Waals surface area contributed by atoms with Crippen LogP contribution in [0.2, 0.25) is 0 Å². The van der Waals surface area contributed by atoms with E-state index in [9.17, 15) is 4.79 Å². The maximum Gasteiger partial charge on any atom is 0.160 e. The van der Waals surface area contributed by atoms with E-state index in [0.29, 0.717) is 13.2 Å². The largest absolute Gasteiger partial charge is 0.490 e. The molecular formula is C18H20O3. The van der Waals surface area contributed by atoms with Gasteiger partial charge in [-0.2, -0.15) is 0 Å². The molecule has 3 heteroatoms. The Morgan fingerprint density at radius 1 is 0.905 bits per heavy atom. The summed E-state index contributed by atoms with van der Waals surface area (Å²) < 4.78 is 11.3. The summed E-state index contributed by atoms with van der Waals surface area (Å²) in [5.74, 6) is 1.71. The molecule has 0 radical (unpaired) electrons. The molecule has 3 nitrogen and oxygen atoms in total. The summed E-state index contributed by atoms with van der Waals surface area (Å²) in [7, 11) is 0. The molecule has 0 N–H and O–H groups in total. The van der Waals surface area contributed by atoms with E-state index in [4.69, 9.17) is 9.47 Å². The lowest BCUT2D eigenvalue weighted by atomic mass is 10.00. The zero-order valence-corrected chi connectivity index (χ0v) is 12.7. The summed E-state index contributed by atoms with van der Waals surface area (Å²) in [6.45, 7) is 6.44. The van der Waals surface area contributed by atoms with E-state index in [1.807, 2.05) is 56.3 Å². The van der Waals surface area contributed by atoms with Crippen LogP contribution < -0.4 is 9.47 Å². The topological polar surface area (TPSA) is 35.5 Å². The van der Waals surface area contributed by atoms with Gasteiger partial charge in [-0.05, 0) is 56.2 Å². The normalized spacial score (nSPS) is 10.2. The van der Waals surface area contributed by atoms with Crippen LogP contribution in [-0.2, 0) is 0 Å². The van der Waals surface area contributed by atoms with Crippen LogP contribution in [0.15, 0.2) is 42.5 Å². The first-order valence-electron chi connectivity index (χ1n) is 7.01. The SMILES string of the molecule is CC(=O)c1ccc(OCCOc2ccccc2)c(C)c1C. The van der Waals surface area contributed by atoms with Crippen molar-refractivity contribution in [1.82, 2.24) is 0 Å². The third-order valence-corrected chi connectivity index (χ3v) is 3.47. The molecule has 2 rings (SSSR count). The van der Waals surface area contributed by atoms with Gasteiger partial charge in [0.15, 0.2) is 5.78 Å². The van der Waals surface area contributed by atoms with Gasteiger partial charge in [0.05, 0.1) is 0 Å². The van der Waals surface area contributed by atoms with Crippen molar-refractivity contribution in [2.45, 2.75) is 20.8 Å². The third-order valence-electron chi connectivity index (χ3n) is 3.47. The number of carbonyl (C=O) groups is 1. The number of hydrogen-bond donors (Lipinski definition) is 0. The van der Waals surface area contributed by atoms with Gasteiger partial charge in [-0.15, -0.1) is 0 Å². The smallest absolute Gasteiger partial charge is 0.160 e.